The van der Waals surface area contributed by atoms with Crippen LogP contribution in [0.3, 0.4) is 0 Å². The summed E-state index contributed by atoms with van der Waals surface area (Å²) >= 11 is 0. The van der Waals surface area contributed by atoms with Crippen LogP contribution in [0.2, 0.25) is 0 Å². The standard InChI is InChI=1S/C14H24N2O3/c1-3-14(6-7-14)8-15-13(19)11(9(2)17)16-12(18)10-4-5-10/h9-11,17H,3-8H2,1-2H3,(H,15,19)(H,16,18). The minimum atomic E-state index is -0.875. The van der Waals surface area contributed by atoms with E-state index < -0.39 is 12.1 Å². The zero-order valence-electron chi connectivity index (χ0n) is 11.7. The van der Waals surface area contributed by atoms with E-state index in [1.807, 2.05) is 0 Å². The Morgan fingerprint density at radius 2 is 2.00 bits per heavy atom. The highest BCUT2D eigenvalue weighted by molar-refractivity contribution is 5.89. The summed E-state index contributed by atoms with van der Waals surface area (Å²) in [6, 6.07) is -0.833. The third kappa shape index (κ3) is 3.69. The zero-order chi connectivity index (χ0) is 14.0. The number of carbonyl (C=O) groups excluding carboxylic acids is 2. The molecule has 5 heteroatoms. The first-order chi connectivity index (χ1) is 8.97. The van der Waals surface area contributed by atoms with E-state index in [-0.39, 0.29) is 23.1 Å². The maximum Gasteiger partial charge on any atom is 0.245 e. The van der Waals surface area contributed by atoms with E-state index in [0.29, 0.717) is 6.54 Å². The fourth-order valence-electron chi connectivity index (χ4n) is 2.24. The fraction of sp³-hybridized carbons (Fsp3) is 0.857. The van der Waals surface area contributed by atoms with Crippen molar-refractivity contribution in [2.24, 2.45) is 11.3 Å². The molecule has 19 heavy (non-hydrogen) atoms. The van der Waals surface area contributed by atoms with E-state index in [1.165, 1.54) is 6.92 Å². The first-order valence-corrected chi connectivity index (χ1v) is 7.23. The lowest BCUT2D eigenvalue weighted by Gasteiger charge is -2.22. The molecule has 108 valence electrons. The highest BCUT2D eigenvalue weighted by Gasteiger charge is 2.41. The molecule has 2 rings (SSSR count). The molecule has 0 aliphatic heterocycles. The molecule has 0 bridgehead atoms. The minimum absolute atomic E-state index is 0.0412. The normalized spacial score (nSPS) is 23.3. The van der Waals surface area contributed by atoms with Crippen molar-refractivity contribution in [2.75, 3.05) is 6.54 Å². The topological polar surface area (TPSA) is 78.4 Å². The quantitative estimate of drug-likeness (QED) is 0.631. The lowest BCUT2D eigenvalue weighted by Crippen LogP contribution is -2.53. The third-order valence-corrected chi connectivity index (χ3v) is 4.36. The first-order valence-electron chi connectivity index (χ1n) is 7.23. The van der Waals surface area contributed by atoms with Gasteiger partial charge in [-0.15, -0.1) is 0 Å². The van der Waals surface area contributed by atoms with Crippen LogP contribution >= 0.6 is 0 Å². The van der Waals surface area contributed by atoms with Gasteiger partial charge in [-0.05, 0) is 44.4 Å². The van der Waals surface area contributed by atoms with Crippen LogP contribution in [0.5, 0.6) is 0 Å². The number of nitrogens with one attached hydrogen (secondary N) is 2. The highest BCUT2D eigenvalue weighted by Crippen LogP contribution is 2.47. The van der Waals surface area contributed by atoms with Crippen LogP contribution in [0.4, 0.5) is 0 Å². The van der Waals surface area contributed by atoms with E-state index in [4.69, 9.17) is 0 Å². The van der Waals surface area contributed by atoms with Gasteiger partial charge < -0.3 is 15.7 Å². The smallest absolute Gasteiger partial charge is 0.245 e. The molecule has 0 saturated heterocycles. The largest absolute Gasteiger partial charge is 0.391 e. The van der Waals surface area contributed by atoms with Crippen molar-refractivity contribution in [3.05, 3.63) is 0 Å². The molecular weight excluding hydrogens is 244 g/mol. The second-order valence-electron chi connectivity index (χ2n) is 6.07. The molecule has 2 amide bonds. The molecule has 5 nitrogen and oxygen atoms in total. The number of carbonyl (C=O) groups is 2. The Morgan fingerprint density at radius 3 is 2.42 bits per heavy atom. The Hall–Kier alpha value is -1.10. The summed E-state index contributed by atoms with van der Waals surface area (Å²) in [6.07, 6.45) is 4.26. The van der Waals surface area contributed by atoms with E-state index in [2.05, 4.69) is 17.6 Å². The monoisotopic (exact) mass is 268 g/mol. The SMILES string of the molecule is CCC1(CNC(=O)C(NC(=O)C2CC2)C(C)O)CC1. The van der Waals surface area contributed by atoms with Crippen LogP contribution in [0.1, 0.15) is 46.0 Å². The van der Waals surface area contributed by atoms with Crippen LogP contribution in [0.25, 0.3) is 0 Å². The van der Waals surface area contributed by atoms with Gasteiger partial charge in [-0.3, -0.25) is 9.59 Å². The summed E-state index contributed by atoms with van der Waals surface area (Å²) in [5.41, 5.74) is 0.263. The fourth-order valence-corrected chi connectivity index (χ4v) is 2.24. The molecule has 0 aromatic rings. The maximum atomic E-state index is 12.1. The van der Waals surface area contributed by atoms with Gasteiger partial charge in [-0.2, -0.15) is 0 Å². The van der Waals surface area contributed by atoms with Crippen molar-refractivity contribution < 1.29 is 14.7 Å². The summed E-state index contributed by atoms with van der Waals surface area (Å²) in [6.45, 7) is 4.30. The van der Waals surface area contributed by atoms with Crippen molar-refractivity contribution in [1.29, 1.82) is 0 Å². The summed E-state index contributed by atoms with van der Waals surface area (Å²) in [7, 11) is 0. The van der Waals surface area contributed by atoms with E-state index in [9.17, 15) is 14.7 Å². The number of aliphatic hydroxyl groups is 1. The Morgan fingerprint density at radius 1 is 1.37 bits per heavy atom. The molecule has 0 aromatic carbocycles. The second-order valence-corrected chi connectivity index (χ2v) is 6.07. The van der Waals surface area contributed by atoms with Gasteiger partial charge in [-0.1, -0.05) is 6.92 Å². The van der Waals surface area contributed by atoms with Crippen LogP contribution in [-0.4, -0.2) is 35.6 Å². The van der Waals surface area contributed by atoms with Gasteiger partial charge in [0.15, 0.2) is 0 Å². The predicted octanol–water partition coefficient (Wildman–Crippen LogP) is 0.568. The van der Waals surface area contributed by atoms with Crippen molar-refractivity contribution in [2.45, 2.75) is 58.1 Å². The molecule has 3 N–H and O–H groups in total. The van der Waals surface area contributed by atoms with Crippen LogP contribution in [-0.2, 0) is 9.59 Å². The minimum Gasteiger partial charge on any atom is -0.391 e. The van der Waals surface area contributed by atoms with Gasteiger partial charge in [0.1, 0.15) is 6.04 Å². The summed E-state index contributed by atoms with van der Waals surface area (Å²) < 4.78 is 0. The molecule has 2 aliphatic carbocycles. The van der Waals surface area contributed by atoms with Gasteiger partial charge in [-0.25, -0.2) is 0 Å². The third-order valence-electron chi connectivity index (χ3n) is 4.36. The molecule has 2 aliphatic rings. The van der Waals surface area contributed by atoms with Gasteiger partial charge in [0, 0.05) is 12.5 Å². The average molecular weight is 268 g/mol. The van der Waals surface area contributed by atoms with Gasteiger partial charge in [0.25, 0.3) is 0 Å². The predicted molar refractivity (Wildman–Crippen MR) is 71.3 cm³/mol. The Balaban J connectivity index is 1.83. The highest BCUT2D eigenvalue weighted by atomic mass is 16.3. The molecule has 2 unspecified atom stereocenters. The zero-order valence-corrected chi connectivity index (χ0v) is 11.7. The number of aliphatic hydroxyl groups excluding tert-OH is 1. The van der Waals surface area contributed by atoms with Gasteiger partial charge in [0.05, 0.1) is 6.10 Å². The first kappa shape index (κ1) is 14.3. The number of hydrogen-bond acceptors (Lipinski definition) is 3. The van der Waals surface area contributed by atoms with E-state index in [0.717, 1.165) is 32.1 Å². The van der Waals surface area contributed by atoms with Crippen molar-refractivity contribution >= 4 is 11.8 Å². The molecular formula is C14H24N2O3. The Kier molecular flexibility index (Phi) is 4.13. The van der Waals surface area contributed by atoms with Crippen molar-refractivity contribution in [1.82, 2.24) is 10.6 Å². The maximum absolute atomic E-state index is 12.1. The Labute approximate surface area is 114 Å². The lowest BCUT2D eigenvalue weighted by molar-refractivity contribution is -0.132. The summed E-state index contributed by atoms with van der Waals surface area (Å²) in [5, 5.41) is 15.2. The van der Waals surface area contributed by atoms with Gasteiger partial charge >= 0.3 is 0 Å². The number of hydrogen-bond donors (Lipinski definition) is 3. The molecule has 0 aromatic heterocycles. The molecule has 2 atom stereocenters. The van der Waals surface area contributed by atoms with Crippen LogP contribution < -0.4 is 10.6 Å². The average Bonchev–Trinajstić information content (AvgIpc) is 3.27. The van der Waals surface area contributed by atoms with Gasteiger partial charge in [0.2, 0.25) is 11.8 Å². The number of amides is 2. The van der Waals surface area contributed by atoms with E-state index in [1.54, 1.807) is 0 Å². The van der Waals surface area contributed by atoms with Crippen LogP contribution in [0, 0.1) is 11.3 Å². The second kappa shape index (κ2) is 5.49. The Bertz CT molecular complexity index is 360. The summed E-state index contributed by atoms with van der Waals surface area (Å²) in [5.74, 6) is -0.346. The molecule has 2 fully saturated rings. The van der Waals surface area contributed by atoms with Crippen molar-refractivity contribution in [3.8, 4) is 0 Å². The van der Waals surface area contributed by atoms with Crippen LogP contribution in [0.15, 0.2) is 0 Å². The van der Waals surface area contributed by atoms with Crippen molar-refractivity contribution in [3.63, 3.8) is 0 Å². The molecule has 0 spiro atoms. The number of rotatable bonds is 7. The molecule has 2 saturated carbocycles. The molecule has 0 heterocycles. The van der Waals surface area contributed by atoms with E-state index >= 15 is 0 Å². The molecule has 0 radical (unpaired) electrons. The lowest BCUT2D eigenvalue weighted by atomic mass is 10.0. The summed E-state index contributed by atoms with van der Waals surface area (Å²) in [4.78, 5) is 23.8.